The number of hydrogen-bond donors (Lipinski definition) is 2. The molecule has 0 saturated carbocycles. The van der Waals surface area contributed by atoms with Gasteiger partial charge in [0.05, 0.1) is 25.6 Å². The van der Waals surface area contributed by atoms with Crippen molar-refractivity contribution in [2.75, 3.05) is 19.1 Å². The summed E-state index contributed by atoms with van der Waals surface area (Å²) in [4.78, 5) is 25.8. The van der Waals surface area contributed by atoms with Crippen molar-refractivity contribution in [2.24, 2.45) is 0 Å². The number of hydrogen-bond acceptors (Lipinski definition) is 7. The summed E-state index contributed by atoms with van der Waals surface area (Å²) in [7, 11) is 2.71. The number of rotatable bonds is 5. The van der Waals surface area contributed by atoms with E-state index in [1.807, 2.05) is 0 Å². The first-order valence-corrected chi connectivity index (χ1v) is 8.18. The molecule has 1 aliphatic heterocycles. The zero-order chi connectivity index (χ0) is 19.6. The summed E-state index contributed by atoms with van der Waals surface area (Å²) in [6, 6.07) is 13.1. The quantitative estimate of drug-likeness (QED) is 0.779. The van der Waals surface area contributed by atoms with E-state index >= 15 is 0 Å². The molecule has 0 aliphatic carbocycles. The smallest absolute Gasteiger partial charge is 0.310 e. The van der Waals surface area contributed by atoms with Gasteiger partial charge in [-0.2, -0.15) is 0 Å². The molecule has 0 aromatic heterocycles. The number of phenols is 1. The largest absolute Gasteiger partial charge is 0.506 e. The molecule has 2 N–H and O–H groups in total. The van der Waals surface area contributed by atoms with E-state index in [-0.39, 0.29) is 11.4 Å². The molecule has 0 bridgehead atoms. The normalized spacial score (nSPS) is 19.0. The zero-order valence-electron chi connectivity index (χ0n) is 14.9. The molecular weight excluding hydrogens is 350 g/mol. The first-order chi connectivity index (χ1) is 12.9. The lowest BCUT2D eigenvalue weighted by molar-refractivity contribution is -0.150. The van der Waals surface area contributed by atoms with Crippen molar-refractivity contribution in [1.29, 1.82) is 0 Å². The van der Waals surface area contributed by atoms with Crippen LogP contribution in [-0.4, -0.2) is 41.9 Å². The standard InChI is InChI=1S/C20H19NO6/c1-26-14-9-7-13(8-10-14)16-11-18(23)20(25,12-19(24)27-2)21(16)15-5-3-4-6-17(15)22/h3-11,22,25H,12H2,1-2H3. The molecule has 1 atom stereocenters. The van der Waals surface area contributed by atoms with Crippen molar-refractivity contribution >= 4 is 23.1 Å². The molecular formula is C20H19NO6. The van der Waals surface area contributed by atoms with Gasteiger partial charge in [0, 0.05) is 6.08 Å². The number of esters is 1. The number of phenolic OH excluding ortho intramolecular Hbond substituents is 1. The average Bonchev–Trinajstić information content (AvgIpc) is 2.93. The van der Waals surface area contributed by atoms with Crippen LogP contribution >= 0.6 is 0 Å². The zero-order valence-corrected chi connectivity index (χ0v) is 14.9. The molecule has 1 aliphatic rings. The summed E-state index contributed by atoms with van der Waals surface area (Å²) in [6.07, 6.45) is 0.657. The maximum Gasteiger partial charge on any atom is 0.310 e. The molecule has 7 heteroatoms. The summed E-state index contributed by atoms with van der Waals surface area (Å²) in [5.41, 5.74) is -1.07. The maximum atomic E-state index is 12.7. The molecule has 0 fully saturated rings. The minimum Gasteiger partial charge on any atom is -0.506 e. The minimum atomic E-state index is -2.21. The van der Waals surface area contributed by atoms with E-state index in [0.717, 1.165) is 0 Å². The molecule has 1 heterocycles. The van der Waals surface area contributed by atoms with E-state index < -0.39 is 23.9 Å². The van der Waals surface area contributed by atoms with E-state index in [2.05, 4.69) is 4.74 Å². The topological polar surface area (TPSA) is 96.3 Å². The number of para-hydroxylation sites is 2. The third-order valence-corrected chi connectivity index (χ3v) is 4.40. The molecule has 140 valence electrons. The number of carbonyl (C=O) groups is 2. The second-order valence-electron chi connectivity index (χ2n) is 6.02. The maximum absolute atomic E-state index is 12.7. The summed E-state index contributed by atoms with van der Waals surface area (Å²) < 4.78 is 9.77. The Hall–Kier alpha value is -3.32. The molecule has 1 unspecified atom stereocenters. The molecule has 0 amide bonds. The van der Waals surface area contributed by atoms with Gasteiger partial charge in [-0.1, -0.05) is 12.1 Å². The Labute approximate surface area is 156 Å². The van der Waals surface area contributed by atoms with E-state index in [1.165, 1.54) is 31.3 Å². The van der Waals surface area contributed by atoms with Crippen LogP contribution in [0.25, 0.3) is 5.70 Å². The molecule has 3 rings (SSSR count). The molecule has 0 saturated heterocycles. The monoisotopic (exact) mass is 369 g/mol. The minimum absolute atomic E-state index is 0.144. The van der Waals surface area contributed by atoms with Gasteiger partial charge in [-0.3, -0.25) is 9.59 Å². The van der Waals surface area contributed by atoms with Gasteiger partial charge in [0.25, 0.3) is 0 Å². The number of ketones is 1. The van der Waals surface area contributed by atoms with Gasteiger partial charge in [0.1, 0.15) is 17.9 Å². The van der Waals surface area contributed by atoms with Crippen LogP contribution in [0, 0.1) is 0 Å². The first-order valence-electron chi connectivity index (χ1n) is 8.18. The first kappa shape index (κ1) is 18.5. The molecule has 27 heavy (non-hydrogen) atoms. The predicted octanol–water partition coefficient (Wildman–Crippen LogP) is 2.08. The third kappa shape index (κ3) is 3.24. The molecule has 2 aromatic rings. The number of aliphatic hydroxyl groups is 1. The Morgan fingerprint density at radius 1 is 1.11 bits per heavy atom. The van der Waals surface area contributed by atoms with Gasteiger partial charge >= 0.3 is 5.97 Å². The van der Waals surface area contributed by atoms with Crippen LogP contribution in [0.15, 0.2) is 54.6 Å². The number of nitrogens with zero attached hydrogens (tertiary/aromatic N) is 1. The fourth-order valence-corrected chi connectivity index (χ4v) is 3.01. The molecule has 0 radical (unpaired) electrons. The van der Waals surface area contributed by atoms with Crippen LogP contribution in [0.3, 0.4) is 0 Å². The number of methoxy groups -OCH3 is 2. The van der Waals surface area contributed by atoms with Crippen molar-refractivity contribution in [2.45, 2.75) is 12.1 Å². The second kappa shape index (κ2) is 7.13. The fourth-order valence-electron chi connectivity index (χ4n) is 3.01. The Morgan fingerprint density at radius 3 is 2.37 bits per heavy atom. The molecule has 0 spiro atoms. The van der Waals surface area contributed by atoms with Gasteiger partial charge in [-0.25, -0.2) is 0 Å². The lowest BCUT2D eigenvalue weighted by Crippen LogP contribution is -2.51. The Balaban J connectivity index is 2.13. The van der Waals surface area contributed by atoms with E-state index in [9.17, 15) is 19.8 Å². The predicted molar refractivity (Wildman–Crippen MR) is 98.1 cm³/mol. The summed E-state index contributed by atoms with van der Waals surface area (Å²) in [5.74, 6) is -0.949. The van der Waals surface area contributed by atoms with Crippen molar-refractivity contribution in [3.63, 3.8) is 0 Å². The Bertz CT molecular complexity index is 905. The van der Waals surface area contributed by atoms with Gasteiger partial charge in [0.15, 0.2) is 0 Å². The lowest BCUT2D eigenvalue weighted by Gasteiger charge is -2.35. The van der Waals surface area contributed by atoms with Crippen molar-refractivity contribution in [3.8, 4) is 11.5 Å². The van der Waals surface area contributed by atoms with Gasteiger partial charge in [-0.15, -0.1) is 0 Å². The summed E-state index contributed by atoms with van der Waals surface area (Å²) in [6.45, 7) is 0. The highest BCUT2D eigenvalue weighted by Gasteiger charge is 2.50. The fraction of sp³-hybridized carbons (Fsp3) is 0.200. The van der Waals surface area contributed by atoms with E-state index in [1.54, 1.807) is 42.5 Å². The number of ether oxygens (including phenoxy) is 2. The van der Waals surface area contributed by atoms with Crippen molar-refractivity contribution in [1.82, 2.24) is 0 Å². The number of carbonyl (C=O) groups excluding carboxylic acids is 2. The lowest BCUT2D eigenvalue weighted by atomic mass is 10.0. The van der Waals surface area contributed by atoms with Crippen LogP contribution in [-0.2, 0) is 14.3 Å². The highest BCUT2D eigenvalue weighted by Crippen LogP contribution is 2.43. The van der Waals surface area contributed by atoms with Crippen LogP contribution in [0.2, 0.25) is 0 Å². The van der Waals surface area contributed by atoms with Gasteiger partial charge in [0.2, 0.25) is 11.5 Å². The SMILES string of the molecule is COC(=O)CC1(O)C(=O)C=C(c2ccc(OC)cc2)N1c1ccccc1O. The Kier molecular flexibility index (Phi) is 4.87. The van der Waals surface area contributed by atoms with E-state index in [0.29, 0.717) is 17.0 Å². The van der Waals surface area contributed by atoms with Crippen LogP contribution in [0.5, 0.6) is 11.5 Å². The number of benzene rings is 2. The Morgan fingerprint density at radius 2 is 1.78 bits per heavy atom. The number of aromatic hydroxyl groups is 1. The number of anilines is 1. The molecule has 7 nitrogen and oxygen atoms in total. The summed E-state index contributed by atoms with van der Waals surface area (Å²) >= 11 is 0. The van der Waals surface area contributed by atoms with E-state index in [4.69, 9.17) is 4.74 Å². The molecule has 2 aromatic carbocycles. The summed E-state index contributed by atoms with van der Waals surface area (Å²) in [5, 5.41) is 21.4. The van der Waals surface area contributed by atoms with Gasteiger partial charge < -0.3 is 24.6 Å². The van der Waals surface area contributed by atoms with Crippen molar-refractivity contribution in [3.05, 3.63) is 60.2 Å². The second-order valence-corrected chi connectivity index (χ2v) is 6.02. The van der Waals surface area contributed by atoms with Crippen molar-refractivity contribution < 1.29 is 29.3 Å². The highest BCUT2D eigenvalue weighted by molar-refractivity contribution is 6.14. The average molecular weight is 369 g/mol. The van der Waals surface area contributed by atoms with Crippen LogP contribution in [0.4, 0.5) is 5.69 Å². The third-order valence-electron chi connectivity index (χ3n) is 4.40. The van der Waals surface area contributed by atoms with Gasteiger partial charge in [-0.05, 0) is 42.0 Å². The van der Waals surface area contributed by atoms with Crippen LogP contribution < -0.4 is 9.64 Å². The highest BCUT2D eigenvalue weighted by atomic mass is 16.5. The van der Waals surface area contributed by atoms with Crippen LogP contribution in [0.1, 0.15) is 12.0 Å².